The number of aryl methyl sites for hydroxylation is 1. The van der Waals surface area contributed by atoms with Crippen LogP contribution in [0.5, 0.6) is 0 Å². The van der Waals surface area contributed by atoms with Crippen LogP contribution in [-0.4, -0.2) is 29.6 Å². The van der Waals surface area contributed by atoms with Gasteiger partial charge < -0.3 is 5.32 Å². The van der Waals surface area contributed by atoms with Crippen molar-refractivity contribution in [3.63, 3.8) is 0 Å². The Labute approximate surface area is 185 Å². The van der Waals surface area contributed by atoms with Gasteiger partial charge >= 0.3 is 0 Å². The summed E-state index contributed by atoms with van der Waals surface area (Å²) in [5.41, 5.74) is 0.295. The minimum Gasteiger partial charge on any atom is -0.307 e. The molecule has 170 valence electrons. The van der Waals surface area contributed by atoms with Gasteiger partial charge in [-0.1, -0.05) is 0 Å². The highest BCUT2D eigenvalue weighted by Gasteiger charge is 2.22. The van der Waals surface area contributed by atoms with Crippen LogP contribution in [0.4, 0.5) is 14.6 Å². The van der Waals surface area contributed by atoms with Crippen LogP contribution >= 0.6 is 0 Å². The van der Waals surface area contributed by atoms with Gasteiger partial charge in [-0.25, -0.2) is 26.6 Å². The summed E-state index contributed by atoms with van der Waals surface area (Å²) in [5, 5.41) is 6.84. The van der Waals surface area contributed by atoms with Crippen LogP contribution in [0.25, 0.3) is 0 Å². The zero-order valence-corrected chi connectivity index (χ0v) is 18.9. The summed E-state index contributed by atoms with van der Waals surface area (Å²) in [5.74, 6) is -1.34. The molecule has 0 aliphatic rings. The summed E-state index contributed by atoms with van der Waals surface area (Å²) in [4.78, 5) is 12.8. The Morgan fingerprint density at radius 2 is 1.75 bits per heavy atom. The zero-order valence-electron chi connectivity index (χ0n) is 18.1. The molecule has 0 saturated heterocycles. The third-order valence-corrected chi connectivity index (χ3v) is 6.22. The number of hydrogen-bond acceptors (Lipinski definition) is 4. The van der Waals surface area contributed by atoms with Gasteiger partial charge in [0.1, 0.15) is 17.5 Å². The first kappa shape index (κ1) is 23.6. The second-order valence-corrected chi connectivity index (χ2v) is 10.1. The van der Waals surface area contributed by atoms with Gasteiger partial charge in [0.15, 0.2) is 0 Å². The van der Waals surface area contributed by atoms with Gasteiger partial charge in [-0.15, -0.1) is 0 Å². The molecule has 10 heteroatoms. The number of aromatic nitrogens is 2. The Morgan fingerprint density at radius 1 is 1.09 bits per heavy atom. The van der Waals surface area contributed by atoms with Crippen molar-refractivity contribution >= 4 is 21.7 Å². The molecule has 3 rings (SSSR count). The van der Waals surface area contributed by atoms with E-state index in [-0.39, 0.29) is 22.6 Å². The van der Waals surface area contributed by atoms with Crippen molar-refractivity contribution in [1.82, 2.24) is 14.5 Å². The van der Waals surface area contributed by atoms with Crippen LogP contribution in [0.1, 0.15) is 42.3 Å². The minimum absolute atomic E-state index is 0.0341. The van der Waals surface area contributed by atoms with Gasteiger partial charge in [0.05, 0.1) is 17.6 Å². The molecule has 1 heterocycles. The van der Waals surface area contributed by atoms with E-state index in [4.69, 9.17) is 0 Å². The van der Waals surface area contributed by atoms with E-state index in [1.165, 1.54) is 35.1 Å². The highest BCUT2D eigenvalue weighted by Crippen LogP contribution is 2.20. The second kappa shape index (κ2) is 8.79. The molecule has 1 amide bonds. The molecule has 3 aromatic rings. The van der Waals surface area contributed by atoms with E-state index in [9.17, 15) is 22.0 Å². The quantitative estimate of drug-likeness (QED) is 0.582. The maximum absolute atomic E-state index is 14.0. The number of amides is 1. The Hall–Kier alpha value is -3.11. The minimum atomic E-state index is -3.73. The molecule has 1 aromatic heterocycles. The third kappa shape index (κ3) is 5.57. The van der Waals surface area contributed by atoms with Crippen molar-refractivity contribution < 1.29 is 22.0 Å². The highest BCUT2D eigenvalue weighted by molar-refractivity contribution is 7.89. The zero-order chi connectivity index (χ0) is 23.7. The molecule has 0 spiro atoms. The lowest BCUT2D eigenvalue weighted by Crippen LogP contribution is -2.40. The maximum Gasteiger partial charge on any atom is 0.256 e. The number of sulfonamides is 1. The fourth-order valence-corrected chi connectivity index (χ4v) is 4.43. The Balaban J connectivity index is 1.80. The lowest BCUT2D eigenvalue weighted by atomic mass is 10.1. The number of halogens is 2. The molecule has 0 unspecified atom stereocenters. The van der Waals surface area contributed by atoms with Crippen LogP contribution in [0.2, 0.25) is 0 Å². The predicted octanol–water partition coefficient (Wildman–Crippen LogP) is 3.85. The van der Waals surface area contributed by atoms with Crippen molar-refractivity contribution in [3.8, 4) is 0 Å². The summed E-state index contributed by atoms with van der Waals surface area (Å²) in [6.45, 7) is 6.83. The first-order valence-electron chi connectivity index (χ1n) is 9.77. The van der Waals surface area contributed by atoms with E-state index < -0.39 is 33.1 Å². The van der Waals surface area contributed by atoms with Crippen LogP contribution in [0.15, 0.2) is 53.6 Å². The number of anilines is 1. The maximum atomic E-state index is 14.0. The summed E-state index contributed by atoms with van der Waals surface area (Å²) in [7, 11) is -3.73. The van der Waals surface area contributed by atoms with E-state index in [1.807, 2.05) is 0 Å². The van der Waals surface area contributed by atoms with Crippen molar-refractivity contribution in [2.75, 3.05) is 5.32 Å². The predicted molar refractivity (Wildman–Crippen MR) is 117 cm³/mol. The Kier molecular flexibility index (Phi) is 6.47. The lowest BCUT2D eigenvalue weighted by Gasteiger charge is -2.20. The molecular formula is C22H24F2N4O3S. The first-order valence-corrected chi connectivity index (χ1v) is 11.3. The molecule has 2 aromatic carbocycles. The van der Waals surface area contributed by atoms with Gasteiger partial charge in [0, 0.05) is 22.2 Å². The summed E-state index contributed by atoms with van der Waals surface area (Å²) < 4.78 is 56.2. The first-order chi connectivity index (χ1) is 14.9. The molecule has 0 atom stereocenters. The van der Waals surface area contributed by atoms with Gasteiger partial charge in [-0.3, -0.25) is 4.79 Å². The van der Waals surface area contributed by atoms with Crippen LogP contribution in [-0.2, 0) is 16.6 Å². The van der Waals surface area contributed by atoms with E-state index >= 15 is 0 Å². The molecule has 0 aliphatic heterocycles. The standard InChI is InChI=1S/C22H24F2N4O3S/c1-14-12-25-28(13-16-11-17(23)7-10-19(16)24)20(14)26-21(29)15-5-8-18(9-6-15)32(30,31)27-22(2,3)4/h5-12,27H,13H2,1-4H3,(H,26,29). The molecule has 0 aliphatic carbocycles. The van der Waals surface area contributed by atoms with E-state index in [2.05, 4.69) is 15.1 Å². The fraction of sp³-hybridized carbons (Fsp3) is 0.273. The Bertz CT molecular complexity index is 1250. The van der Waals surface area contributed by atoms with E-state index in [0.717, 1.165) is 18.2 Å². The summed E-state index contributed by atoms with van der Waals surface area (Å²) in [6, 6.07) is 8.61. The molecule has 2 N–H and O–H groups in total. The monoisotopic (exact) mass is 462 g/mol. The SMILES string of the molecule is Cc1cnn(Cc2cc(F)ccc2F)c1NC(=O)c1ccc(S(=O)(=O)NC(C)(C)C)cc1. The van der Waals surface area contributed by atoms with Gasteiger partial charge in [0.2, 0.25) is 10.0 Å². The normalized spacial score (nSPS) is 12.1. The molecule has 0 fully saturated rings. The van der Waals surface area contributed by atoms with Crippen molar-refractivity contribution in [2.24, 2.45) is 0 Å². The number of nitrogens with one attached hydrogen (secondary N) is 2. The average Bonchev–Trinajstić information content (AvgIpc) is 3.02. The molecule has 0 bridgehead atoms. The summed E-state index contributed by atoms with van der Waals surface area (Å²) >= 11 is 0. The summed E-state index contributed by atoms with van der Waals surface area (Å²) in [6.07, 6.45) is 1.50. The number of carbonyl (C=O) groups is 1. The fourth-order valence-electron chi connectivity index (χ4n) is 3.01. The molecule has 32 heavy (non-hydrogen) atoms. The molecule has 0 radical (unpaired) electrons. The van der Waals surface area contributed by atoms with E-state index in [1.54, 1.807) is 27.7 Å². The number of carbonyl (C=O) groups excluding carboxylic acids is 1. The van der Waals surface area contributed by atoms with E-state index in [0.29, 0.717) is 11.4 Å². The average molecular weight is 463 g/mol. The van der Waals surface area contributed by atoms with Crippen LogP contribution < -0.4 is 10.0 Å². The largest absolute Gasteiger partial charge is 0.307 e. The second-order valence-electron chi connectivity index (χ2n) is 8.40. The molecule has 0 saturated carbocycles. The lowest BCUT2D eigenvalue weighted by molar-refractivity contribution is 0.102. The van der Waals surface area contributed by atoms with Crippen LogP contribution in [0, 0.1) is 18.6 Å². The van der Waals surface area contributed by atoms with Crippen LogP contribution in [0.3, 0.4) is 0 Å². The highest BCUT2D eigenvalue weighted by atomic mass is 32.2. The Morgan fingerprint density at radius 3 is 2.38 bits per heavy atom. The topological polar surface area (TPSA) is 93.1 Å². The van der Waals surface area contributed by atoms with Gasteiger partial charge in [-0.2, -0.15) is 5.10 Å². The van der Waals surface area contributed by atoms with Gasteiger partial charge in [-0.05, 0) is 70.2 Å². The van der Waals surface area contributed by atoms with Crippen molar-refractivity contribution in [2.45, 2.75) is 44.7 Å². The molecule has 7 nitrogen and oxygen atoms in total. The number of benzene rings is 2. The number of rotatable bonds is 6. The van der Waals surface area contributed by atoms with Gasteiger partial charge in [0.25, 0.3) is 5.91 Å². The molecular weight excluding hydrogens is 438 g/mol. The number of nitrogens with zero attached hydrogens (tertiary/aromatic N) is 2. The van der Waals surface area contributed by atoms with Crippen molar-refractivity contribution in [3.05, 3.63) is 77.0 Å². The third-order valence-electron chi connectivity index (χ3n) is 4.45. The smallest absolute Gasteiger partial charge is 0.256 e. The number of hydrogen-bond donors (Lipinski definition) is 2. The van der Waals surface area contributed by atoms with Crippen molar-refractivity contribution in [1.29, 1.82) is 0 Å².